The Morgan fingerprint density at radius 3 is 2.90 bits per heavy atom. The van der Waals surface area contributed by atoms with Crippen molar-refractivity contribution in [2.45, 2.75) is 13.3 Å². The van der Waals surface area contributed by atoms with Crippen LogP contribution >= 0.6 is 0 Å². The van der Waals surface area contributed by atoms with E-state index in [0.717, 1.165) is 18.2 Å². The number of nitrogens with zero attached hydrogens (tertiary/aromatic N) is 2. The quantitative estimate of drug-likeness (QED) is 0.889. The van der Waals surface area contributed by atoms with Crippen LogP contribution in [-0.4, -0.2) is 27.7 Å². The van der Waals surface area contributed by atoms with Crippen molar-refractivity contribution >= 4 is 11.9 Å². The summed E-state index contributed by atoms with van der Waals surface area (Å²) in [4.78, 5) is 15.7. The van der Waals surface area contributed by atoms with Crippen LogP contribution in [0, 0.1) is 5.82 Å². The molecule has 0 saturated carbocycles. The molecule has 9 heteroatoms. The molecule has 0 saturated heterocycles. The van der Waals surface area contributed by atoms with Gasteiger partial charge in [0, 0.05) is 5.56 Å². The third-order valence-corrected chi connectivity index (χ3v) is 2.46. The number of aromatic nitrogens is 3. The van der Waals surface area contributed by atoms with Gasteiger partial charge in [0.05, 0.1) is 12.2 Å². The van der Waals surface area contributed by atoms with Crippen LogP contribution in [0.15, 0.2) is 18.2 Å². The van der Waals surface area contributed by atoms with Gasteiger partial charge in [-0.05, 0) is 25.1 Å². The molecule has 0 unspecified atom stereocenters. The Kier molecular flexibility index (Phi) is 4.41. The zero-order valence-electron chi connectivity index (χ0n) is 10.9. The van der Waals surface area contributed by atoms with Gasteiger partial charge in [0.15, 0.2) is 0 Å². The first kappa shape index (κ1) is 14.8. The van der Waals surface area contributed by atoms with Gasteiger partial charge >= 0.3 is 6.01 Å². The number of ether oxygens (including phenoxy) is 1. The van der Waals surface area contributed by atoms with E-state index in [4.69, 9.17) is 4.74 Å². The number of amides is 1. The fourth-order valence-corrected chi connectivity index (χ4v) is 1.53. The number of anilines is 1. The molecular formula is C12H11F3N4O2. The van der Waals surface area contributed by atoms with Crippen molar-refractivity contribution in [2.24, 2.45) is 0 Å². The van der Waals surface area contributed by atoms with Gasteiger partial charge in [0.25, 0.3) is 12.3 Å². The third-order valence-electron chi connectivity index (χ3n) is 2.46. The SMILES string of the molecule is CCOc1n[nH]c(NC(=O)c2ccc(F)c(C(F)F)c2)n1. The van der Waals surface area contributed by atoms with Crippen LogP contribution in [0.3, 0.4) is 0 Å². The average Bonchev–Trinajstić information content (AvgIpc) is 2.86. The molecule has 2 rings (SSSR count). The van der Waals surface area contributed by atoms with E-state index in [2.05, 4.69) is 20.5 Å². The summed E-state index contributed by atoms with van der Waals surface area (Å²) in [5, 5.41) is 8.37. The Bertz CT molecular complexity index is 645. The number of H-pyrrole nitrogens is 1. The van der Waals surface area contributed by atoms with E-state index in [9.17, 15) is 18.0 Å². The minimum atomic E-state index is -3.01. The summed E-state index contributed by atoms with van der Waals surface area (Å²) in [6.07, 6.45) is -3.01. The molecule has 0 aliphatic rings. The lowest BCUT2D eigenvalue weighted by atomic mass is 10.1. The number of benzene rings is 1. The topological polar surface area (TPSA) is 79.9 Å². The van der Waals surface area contributed by atoms with Crippen molar-refractivity contribution in [3.05, 3.63) is 35.1 Å². The van der Waals surface area contributed by atoms with Gasteiger partial charge < -0.3 is 4.74 Å². The first-order valence-corrected chi connectivity index (χ1v) is 5.95. The molecule has 6 nitrogen and oxygen atoms in total. The summed E-state index contributed by atoms with van der Waals surface area (Å²) >= 11 is 0. The molecule has 1 heterocycles. The zero-order chi connectivity index (χ0) is 15.4. The highest BCUT2D eigenvalue weighted by Gasteiger charge is 2.17. The monoisotopic (exact) mass is 300 g/mol. The number of halogens is 3. The standard InChI is InChI=1S/C12H11F3N4O2/c1-2-21-12-17-11(18-19-12)16-10(20)6-3-4-8(13)7(5-6)9(14)15/h3-5,9H,2H2,1H3,(H2,16,17,18,19,20). The summed E-state index contributed by atoms with van der Waals surface area (Å²) in [5.74, 6) is -1.80. The molecular weight excluding hydrogens is 289 g/mol. The highest BCUT2D eigenvalue weighted by atomic mass is 19.3. The van der Waals surface area contributed by atoms with Crippen LogP contribution in [0.1, 0.15) is 29.3 Å². The minimum Gasteiger partial charge on any atom is -0.463 e. The van der Waals surface area contributed by atoms with Gasteiger partial charge in [0.2, 0.25) is 5.95 Å². The Labute approximate surface area is 117 Å². The van der Waals surface area contributed by atoms with Crippen LogP contribution in [0.25, 0.3) is 0 Å². The second-order valence-electron chi connectivity index (χ2n) is 3.89. The molecule has 21 heavy (non-hydrogen) atoms. The van der Waals surface area contributed by atoms with Crippen LogP contribution < -0.4 is 10.1 Å². The summed E-state index contributed by atoms with van der Waals surface area (Å²) in [6, 6.07) is 2.73. The number of alkyl halides is 2. The molecule has 2 aromatic rings. The normalized spacial score (nSPS) is 10.7. The molecule has 2 N–H and O–H groups in total. The number of aromatic amines is 1. The van der Waals surface area contributed by atoms with Gasteiger partial charge in [-0.25, -0.2) is 18.3 Å². The van der Waals surface area contributed by atoms with Gasteiger partial charge in [0.1, 0.15) is 5.82 Å². The van der Waals surface area contributed by atoms with Gasteiger partial charge in [-0.1, -0.05) is 0 Å². The Morgan fingerprint density at radius 2 is 2.24 bits per heavy atom. The van der Waals surface area contributed by atoms with Gasteiger partial charge in [-0.3, -0.25) is 10.1 Å². The second-order valence-corrected chi connectivity index (χ2v) is 3.89. The molecule has 0 fully saturated rings. The van der Waals surface area contributed by atoms with E-state index >= 15 is 0 Å². The maximum Gasteiger partial charge on any atom is 0.337 e. The second kappa shape index (κ2) is 6.25. The predicted molar refractivity (Wildman–Crippen MR) is 66.9 cm³/mol. The van der Waals surface area contributed by atoms with E-state index in [1.54, 1.807) is 6.92 Å². The molecule has 0 spiro atoms. The molecule has 0 aliphatic heterocycles. The number of nitrogens with one attached hydrogen (secondary N) is 2. The van der Waals surface area contributed by atoms with Crippen molar-refractivity contribution in [2.75, 3.05) is 11.9 Å². The van der Waals surface area contributed by atoms with E-state index < -0.39 is 23.7 Å². The molecule has 0 atom stereocenters. The summed E-state index contributed by atoms with van der Waals surface area (Å²) in [7, 11) is 0. The van der Waals surface area contributed by atoms with E-state index in [0.29, 0.717) is 6.61 Å². The highest BCUT2D eigenvalue weighted by Crippen LogP contribution is 2.23. The molecule has 1 amide bonds. The summed E-state index contributed by atoms with van der Waals surface area (Å²) in [5.41, 5.74) is -0.962. The maximum absolute atomic E-state index is 13.1. The zero-order valence-corrected chi connectivity index (χ0v) is 10.9. The molecule has 0 aliphatic carbocycles. The molecule has 112 valence electrons. The molecule has 0 radical (unpaired) electrons. The number of hydrogen-bond acceptors (Lipinski definition) is 4. The van der Waals surface area contributed by atoms with Gasteiger partial charge in [-0.2, -0.15) is 4.98 Å². The van der Waals surface area contributed by atoms with E-state index in [1.165, 1.54) is 0 Å². The number of rotatable bonds is 5. The van der Waals surface area contributed by atoms with Crippen LogP contribution in [0.4, 0.5) is 19.1 Å². The lowest BCUT2D eigenvalue weighted by Gasteiger charge is -2.05. The van der Waals surface area contributed by atoms with Crippen LogP contribution in [0.5, 0.6) is 6.01 Å². The van der Waals surface area contributed by atoms with Crippen molar-refractivity contribution in [1.29, 1.82) is 0 Å². The molecule has 0 bridgehead atoms. The minimum absolute atomic E-state index is 0.00799. The third kappa shape index (κ3) is 3.50. The number of hydrogen-bond donors (Lipinski definition) is 2. The Morgan fingerprint density at radius 1 is 1.48 bits per heavy atom. The van der Waals surface area contributed by atoms with E-state index in [1.807, 2.05) is 0 Å². The number of carbonyl (C=O) groups is 1. The van der Waals surface area contributed by atoms with E-state index in [-0.39, 0.29) is 17.5 Å². The largest absolute Gasteiger partial charge is 0.463 e. The fraction of sp³-hybridized carbons (Fsp3) is 0.250. The molecule has 1 aromatic heterocycles. The lowest BCUT2D eigenvalue weighted by molar-refractivity contribution is 0.102. The van der Waals surface area contributed by atoms with Gasteiger partial charge in [-0.15, -0.1) is 5.10 Å². The first-order chi connectivity index (χ1) is 10.0. The van der Waals surface area contributed by atoms with Crippen molar-refractivity contribution in [3.8, 4) is 6.01 Å². The molecule has 1 aromatic carbocycles. The Hall–Kier alpha value is -2.58. The maximum atomic E-state index is 13.1. The summed E-state index contributed by atoms with van der Waals surface area (Å²) < 4.78 is 43.3. The van der Waals surface area contributed by atoms with Crippen molar-refractivity contribution < 1.29 is 22.7 Å². The highest BCUT2D eigenvalue weighted by molar-refractivity contribution is 6.03. The Balaban J connectivity index is 2.14. The predicted octanol–water partition coefficient (Wildman–Crippen LogP) is 2.53. The number of carbonyl (C=O) groups excluding carboxylic acids is 1. The lowest BCUT2D eigenvalue weighted by Crippen LogP contribution is -2.13. The summed E-state index contributed by atoms with van der Waals surface area (Å²) in [6.45, 7) is 2.08. The first-order valence-electron chi connectivity index (χ1n) is 5.95. The van der Waals surface area contributed by atoms with Crippen LogP contribution in [-0.2, 0) is 0 Å². The fourth-order valence-electron chi connectivity index (χ4n) is 1.53. The van der Waals surface area contributed by atoms with Crippen molar-refractivity contribution in [3.63, 3.8) is 0 Å². The van der Waals surface area contributed by atoms with Crippen LogP contribution in [0.2, 0.25) is 0 Å². The smallest absolute Gasteiger partial charge is 0.337 e. The average molecular weight is 300 g/mol. The van der Waals surface area contributed by atoms with Crippen molar-refractivity contribution in [1.82, 2.24) is 15.2 Å².